The summed E-state index contributed by atoms with van der Waals surface area (Å²) in [6, 6.07) is 6.51. The molecule has 0 radical (unpaired) electrons. The number of esters is 1. The van der Waals surface area contributed by atoms with Crippen LogP contribution in [0.1, 0.15) is 52.0 Å². The number of morpholine rings is 1. The monoisotopic (exact) mass is 828 g/mol. The molecule has 15 nitrogen and oxygen atoms in total. The number of epoxide rings is 1. The Kier molecular flexibility index (Phi) is 11.1. The number of amides is 3. The topological polar surface area (TPSA) is 186 Å². The number of aliphatic hydroxyl groups excluding tert-OH is 2. The maximum absolute atomic E-state index is 13.5. The second-order valence-electron chi connectivity index (χ2n) is 19.2. The van der Waals surface area contributed by atoms with E-state index in [1.54, 1.807) is 30.4 Å². The molecule has 4 bridgehead atoms. The number of anilines is 1. The Labute approximate surface area is 351 Å². The molecule has 7 aliphatic heterocycles. The summed E-state index contributed by atoms with van der Waals surface area (Å²) in [6.07, 6.45) is 8.24. The van der Waals surface area contributed by atoms with E-state index in [1.807, 2.05) is 37.0 Å². The van der Waals surface area contributed by atoms with E-state index < -0.39 is 29.1 Å². The van der Waals surface area contributed by atoms with Crippen LogP contribution in [0.5, 0.6) is 0 Å². The summed E-state index contributed by atoms with van der Waals surface area (Å²) in [5.74, 6) is -0.236. The zero-order valence-electron chi connectivity index (χ0n) is 34.9. The van der Waals surface area contributed by atoms with Crippen molar-refractivity contribution in [1.29, 1.82) is 0 Å². The number of fused-ring (bicyclic) bond motifs is 1. The first-order valence-electron chi connectivity index (χ1n) is 21.8. The number of ether oxygens (including phenoxy) is 3. The van der Waals surface area contributed by atoms with Crippen LogP contribution in [0.25, 0.3) is 6.08 Å². The number of aliphatic hydroxyl groups is 2. The maximum atomic E-state index is 13.5. The molecule has 1 spiro atoms. The predicted molar refractivity (Wildman–Crippen MR) is 221 cm³/mol. The van der Waals surface area contributed by atoms with Crippen LogP contribution in [0.15, 0.2) is 53.8 Å². The number of carbonyl (C=O) groups is 4. The van der Waals surface area contributed by atoms with E-state index in [1.165, 1.54) is 0 Å². The number of piperidine rings is 2. The van der Waals surface area contributed by atoms with Gasteiger partial charge in [-0.25, -0.2) is 4.79 Å². The van der Waals surface area contributed by atoms with Crippen molar-refractivity contribution in [3.05, 3.63) is 59.4 Å². The Bertz CT molecular complexity index is 1930. The minimum atomic E-state index is -0.771. The summed E-state index contributed by atoms with van der Waals surface area (Å²) in [6.45, 7) is 13.5. The summed E-state index contributed by atoms with van der Waals surface area (Å²) in [5, 5.41) is 31.7. The lowest BCUT2D eigenvalue weighted by atomic mass is 9.44. The molecular weight excluding hydrogens is 769 g/mol. The molecule has 8 atom stereocenters. The molecule has 8 fully saturated rings. The van der Waals surface area contributed by atoms with Crippen molar-refractivity contribution in [2.75, 3.05) is 77.7 Å². The smallest absolute Gasteiger partial charge is 0.343 e. The van der Waals surface area contributed by atoms with Gasteiger partial charge in [-0.1, -0.05) is 38.1 Å². The molecule has 9 aliphatic rings. The molecule has 15 heteroatoms. The zero-order valence-corrected chi connectivity index (χ0v) is 34.9. The summed E-state index contributed by atoms with van der Waals surface area (Å²) in [4.78, 5) is 59.2. The van der Waals surface area contributed by atoms with E-state index in [0.717, 1.165) is 38.4 Å². The Hall–Kier alpha value is -3.96. The van der Waals surface area contributed by atoms with Gasteiger partial charge in [-0.3, -0.25) is 24.2 Å². The highest BCUT2D eigenvalue weighted by molar-refractivity contribution is 6.03. The quantitative estimate of drug-likeness (QED) is 0.123. The molecular formula is C45H60N6O9. The van der Waals surface area contributed by atoms with Gasteiger partial charge in [0.2, 0.25) is 17.7 Å². The number of nitrogens with one attached hydrogen (secondary N) is 3. The van der Waals surface area contributed by atoms with Gasteiger partial charge in [-0.05, 0) is 67.4 Å². The first kappa shape index (κ1) is 41.4. The molecule has 2 saturated carbocycles. The van der Waals surface area contributed by atoms with Crippen molar-refractivity contribution in [2.24, 2.45) is 34.5 Å². The SMILES string of the molecule is CC(NC1CC2[C@](C)(CC[C@@H](O)[C@@]2(C)CO)C(/C=C/C2=CC(=C\c3ccc(NC(=O)CC(=O)NC4C5CN6CC4CN(C5)C6)cc3)/OC2=O)C12CO2)C(=O)N1CCOCC1. The Balaban J connectivity index is 0.865. The summed E-state index contributed by atoms with van der Waals surface area (Å²) in [7, 11) is 0. The fourth-order valence-corrected chi connectivity index (χ4v) is 12.1. The van der Waals surface area contributed by atoms with Gasteiger partial charge < -0.3 is 45.3 Å². The first-order chi connectivity index (χ1) is 28.8. The lowest BCUT2D eigenvalue weighted by Gasteiger charge is -2.62. The van der Waals surface area contributed by atoms with Crippen LogP contribution in [-0.2, 0) is 33.4 Å². The van der Waals surface area contributed by atoms with Crippen LogP contribution < -0.4 is 16.0 Å². The van der Waals surface area contributed by atoms with E-state index in [0.29, 0.717) is 81.0 Å². The van der Waals surface area contributed by atoms with Gasteiger partial charge in [0, 0.05) is 80.2 Å². The van der Waals surface area contributed by atoms with Gasteiger partial charge in [-0.15, -0.1) is 0 Å². The maximum Gasteiger partial charge on any atom is 0.343 e. The van der Waals surface area contributed by atoms with Gasteiger partial charge >= 0.3 is 5.97 Å². The van der Waals surface area contributed by atoms with Crippen molar-refractivity contribution < 1.29 is 43.6 Å². The molecule has 3 amide bonds. The molecule has 6 saturated heterocycles. The van der Waals surface area contributed by atoms with Gasteiger partial charge in [-0.2, -0.15) is 0 Å². The third kappa shape index (κ3) is 7.64. The van der Waals surface area contributed by atoms with Crippen LogP contribution in [0, 0.1) is 34.5 Å². The minimum absolute atomic E-state index is 0.00455. The van der Waals surface area contributed by atoms with Crippen molar-refractivity contribution in [3.8, 4) is 0 Å². The van der Waals surface area contributed by atoms with E-state index in [-0.39, 0.29) is 60.1 Å². The second-order valence-corrected chi connectivity index (χ2v) is 19.2. The Morgan fingerprint density at radius 2 is 1.70 bits per heavy atom. The average molecular weight is 829 g/mol. The standard InChI is InChI=1S/C45H60N6O9/c1-27(41(56)51-12-14-58-15-13-51)46-36-18-35-43(2,11-10-37(53)44(35,3)24-52)34(45(36)25-59-45)9-6-29-17-33(60-42(29)57)16-28-4-7-32(8-5-28)47-38(54)19-39(55)48-40-30-20-49-22-31(40)23-50(21-30)26-49/h4-9,16-17,27,30-31,34-37,40,46,52-53H,10-15,18-26H2,1-3H3,(H,47,54)(H,48,55)/b9-6+,33-16+/t27?,30?,31?,34?,35?,36?,37-,40?,43-,44+,45?/m1/s1. The van der Waals surface area contributed by atoms with Crippen molar-refractivity contribution in [3.63, 3.8) is 0 Å². The number of nitrogens with zero attached hydrogens (tertiary/aromatic N) is 3. The third-order valence-corrected chi connectivity index (χ3v) is 15.3. The molecule has 0 aromatic heterocycles. The summed E-state index contributed by atoms with van der Waals surface area (Å²) in [5.41, 5.74) is -0.0807. The highest BCUT2D eigenvalue weighted by Gasteiger charge is 2.70. The van der Waals surface area contributed by atoms with Crippen LogP contribution in [0.3, 0.4) is 0 Å². The second kappa shape index (κ2) is 16.1. The molecule has 2 aliphatic carbocycles. The molecule has 5 N–H and O–H groups in total. The van der Waals surface area contributed by atoms with Crippen molar-refractivity contribution in [2.45, 2.75) is 76.3 Å². The largest absolute Gasteiger partial charge is 0.423 e. The van der Waals surface area contributed by atoms with Gasteiger partial charge in [0.15, 0.2) is 0 Å². The molecule has 1 aromatic carbocycles. The van der Waals surface area contributed by atoms with E-state index >= 15 is 0 Å². The van der Waals surface area contributed by atoms with Gasteiger partial charge in [0.1, 0.15) is 17.8 Å². The molecule has 10 rings (SSSR count). The van der Waals surface area contributed by atoms with Crippen LogP contribution >= 0.6 is 0 Å². The lowest BCUT2D eigenvalue weighted by molar-refractivity contribution is -0.174. The van der Waals surface area contributed by atoms with Crippen LogP contribution in [0.4, 0.5) is 5.69 Å². The zero-order chi connectivity index (χ0) is 42.0. The minimum Gasteiger partial charge on any atom is -0.423 e. The number of carbonyl (C=O) groups excluding carboxylic acids is 4. The van der Waals surface area contributed by atoms with Crippen LogP contribution in [-0.4, -0.2) is 151 Å². The Morgan fingerprint density at radius 1 is 1.02 bits per heavy atom. The van der Waals surface area contributed by atoms with E-state index in [9.17, 15) is 29.4 Å². The molecule has 5 unspecified atom stereocenters. The number of allylic oxidation sites excluding steroid dienone is 1. The average Bonchev–Trinajstić information content (AvgIpc) is 3.94. The highest BCUT2D eigenvalue weighted by Crippen LogP contribution is 2.66. The van der Waals surface area contributed by atoms with Gasteiger partial charge in [0.05, 0.1) is 50.8 Å². The Morgan fingerprint density at radius 3 is 2.35 bits per heavy atom. The fraction of sp³-hybridized carbons (Fsp3) is 0.644. The molecule has 7 heterocycles. The first-order valence-corrected chi connectivity index (χ1v) is 21.8. The third-order valence-electron chi connectivity index (χ3n) is 15.3. The number of benzene rings is 1. The fourth-order valence-electron chi connectivity index (χ4n) is 12.1. The number of hydrogen-bond acceptors (Lipinski definition) is 12. The van der Waals surface area contributed by atoms with Gasteiger partial charge in [0.25, 0.3) is 0 Å². The summed E-state index contributed by atoms with van der Waals surface area (Å²) < 4.78 is 17.5. The van der Waals surface area contributed by atoms with E-state index in [4.69, 9.17) is 14.2 Å². The number of hydrogen-bond donors (Lipinski definition) is 5. The summed E-state index contributed by atoms with van der Waals surface area (Å²) >= 11 is 0. The number of rotatable bonds is 11. The molecule has 60 heavy (non-hydrogen) atoms. The van der Waals surface area contributed by atoms with E-state index in [2.05, 4.69) is 32.7 Å². The molecule has 1 aromatic rings. The van der Waals surface area contributed by atoms with Crippen LogP contribution in [0.2, 0.25) is 0 Å². The lowest BCUT2D eigenvalue weighted by Crippen LogP contribution is -2.71. The number of cyclic esters (lactones) is 1. The highest BCUT2D eigenvalue weighted by atomic mass is 16.6. The van der Waals surface area contributed by atoms with Crippen molar-refractivity contribution >= 4 is 35.5 Å². The normalized spacial score (nSPS) is 40.3. The molecule has 324 valence electrons. The van der Waals surface area contributed by atoms with Crippen molar-refractivity contribution in [1.82, 2.24) is 25.3 Å². The predicted octanol–water partition coefficient (Wildman–Crippen LogP) is 1.49.